The summed E-state index contributed by atoms with van der Waals surface area (Å²) in [5.41, 5.74) is 2.54. The summed E-state index contributed by atoms with van der Waals surface area (Å²) >= 11 is 4.01. The van der Waals surface area contributed by atoms with Crippen molar-refractivity contribution in [1.29, 1.82) is 0 Å². The molecule has 0 atom stereocenters. The second-order valence-corrected chi connectivity index (χ2v) is 5.67. The van der Waals surface area contributed by atoms with Crippen LogP contribution in [-0.2, 0) is 4.45 Å². The lowest BCUT2D eigenvalue weighted by atomic mass is 9.97. The molecule has 0 saturated heterocycles. The minimum Gasteiger partial charge on any atom is -0.282 e. The van der Waals surface area contributed by atoms with Gasteiger partial charge in [0, 0.05) is 0 Å². The molecule has 2 rings (SSSR count). The van der Waals surface area contributed by atoms with Gasteiger partial charge in [0.25, 0.3) is 0 Å². The molecule has 0 saturated carbocycles. The summed E-state index contributed by atoms with van der Waals surface area (Å²) in [6.07, 6.45) is 0. The molecule has 0 spiro atoms. The van der Waals surface area contributed by atoms with Gasteiger partial charge in [-0.3, -0.25) is 4.90 Å². The largest absolute Gasteiger partial charge is 0.282 e. The maximum Gasteiger partial charge on any atom is 0.128 e. The monoisotopic (exact) mass is 317 g/mol. The van der Waals surface area contributed by atoms with E-state index in [4.69, 9.17) is 0 Å². The predicted molar refractivity (Wildman–Crippen MR) is 85.5 cm³/mol. The molecule has 0 amide bonds. The van der Waals surface area contributed by atoms with Gasteiger partial charge in [-0.05, 0) is 24.2 Å². The van der Waals surface area contributed by atoms with Crippen LogP contribution < -0.4 is 0 Å². The summed E-state index contributed by atoms with van der Waals surface area (Å²) in [5.74, 6) is 0. The molecule has 0 heterocycles. The minimum absolute atomic E-state index is 0.251. The lowest BCUT2D eigenvalue weighted by Gasteiger charge is -2.39. The number of hydrogen-bond donors (Lipinski definition) is 0. The zero-order valence-corrected chi connectivity index (χ0v) is 13.1. The summed E-state index contributed by atoms with van der Waals surface area (Å²) in [6.45, 7) is 6.38. The van der Waals surface area contributed by atoms with Crippen LogP contribution in [0.3, 0.4) is 0 Å². The Morgan fingerprint density at radius 2 is 1.16 bits per heavy atom. The van der Waals surface area contributed by atoms with Crippen LogP contribution >= 0.6 is 15.9 Å². The van der Waals surface area contributed by atoms with Gasteiger partial charge < -0.3 is 0 Å². The maximum atomic E-state index is 4.01. The van der Waals surface area contributed by atoms with Crippen LogP contribution in [0.4, 0.5) is 0 Å². The van der Waals surface area contributed by atoms with Gasteiger partial charge in [0.15, 0.2) is 0 Å². The molecule has 0 aliphatic carbocycles. The molecule has 0 aliphatic rings. The second kappa shape index (κ2) is 6.36. The van der Waals surface area contributed by atoms with Gasteiger partial charge in [-0.15, -0.1) is 0 Å². The molecule has 0 aliphatic heterocycles. The first-order valence-corrected chi connectivity index (χ1v) is 7.57. The third-order valence-corrected chi connectivity index (χ3v) is 4.93. The molecule has 2 heteroatoms. The van der Waals surface area contributed by atoms with E-state index in [2.05, 4.69) is 95.3 Å². The molecule has 0 aromatic heterocycles. The molecule has 0 radical (unpaired) electrons. The van der Waals surface area contributed by atoms with Gasteiger partial charge in [-0.2, -0.15) is 0 Å². The Kier molecular flexibility index (Phi) is 4.78. The van der Waals surface area contributed by atoms with Gasteiger partial charge in [0.1, 0.15) is 4.45 Å². The third-order valence-electron chi connectivity index (χ3n) is 3.51. The topological polar surface area (TPSA) is 3.24 Å². The Labute approximate surface area is 124 Å². The maximum absolute atomic E-state index is 4.01. The summed E-state index contributed by atoms with van der Waals surface area (Å²) < 4.78 is -0.251. The number of nitrogens with zero attached hydrogens (tertiary/aromatic N) is 1. The van der Waals surface area contributed by atoms with Crippen molar-refractivity contribution < 1.29 is 0 Å². The quantitative estimate of drug-likeness (QED) is 0.574. The van der Waals surface area contributed by atoms with Gasteiger partial charge >= 0.3 is 0 Å². The molecular weight excluding hydrogens is 298 g/mol. The SMILES string of the molecule is CCN(CC)C(Br)(c1ccccc1)c1ccccc1. The Morgan fingerprint density at radius 1 is 0.789 bits per heavy atom. The van der Waals surface area contributed by atoms with E-state index >= 15 is 0 Å². The second-order valence-electron chi connectivity index (χ2n) is 4.53. The molecule has 100 valence electrons. The Morgan fingerprint density at radius 3 is 1.47 bits per heavy atom. The Balaban J connectivity index is 2.57. The average Bonchev–Trinajstić information content (AvgIpc) is 2.50. The van der Waals surface area contributed by atoms with E-state index in [9.17, 15) is 0 Å². The van der Waals surface area contributed by atoms with Crippen LogP contribution in [0, 0.1) is 0 Å². The van der Waals surface area contributed by atoms with Crippen LogP contribution in [0.1, 0.15) is 25.0 Å². The van der Waals surface area contributed by atoms with Crippen LogP contribution in [0.5, 0.6) is 0 Å². The number of rotatable bonds is 5. The van der Waals surface area contributed by atoms with Crippen molar-refractivity contribution in [3.63, 3.8) is 0 Å². The van der Waals surface area contributed by atoms with Crippen LogP contribution in [0.15, 0.2) is 60.7 Å². The molecular formula is C17H20BrN. The fourth-order valence-electron chi connectivity index (χ4n) is 2.51. The lowest BCUT2D eigenvalue weighted by Crippen LogP contribution is -2.42. The minimum atomic E-state index is -0.251. The fraction of sp³-hybridized carbons (Fsp3) is 0.294. The van der Waals surface area contributed by atoms with E-state index in [0.29, 0.717) is 0 Å². The molecule has 2 aromatic rings. The highest BCUT2D eigenvalue weighted by Crippen LogP contribution is 2.41. The highest BCUT2D eigenvalue weighted by atomic mass is 79.9. The van der Waals surface area contributed by atoms with Crippen molar-refractivity contribution in [3.05, 3.63) is 71.8 Å². The molecule has 1 nitrogen and oxygen atoms in total. The van der Waals surface area contributed by atoms with Crippen LogP contribution in [0.25, 0.3) is 0 Å². The highest BCUT2D eigenvalue weighted by molar-refractivity contribution is 9.09. The zero-order chi connectivity index (χ0) is 13.7. The third kappa shape index (κ3) is 2.75. The van der Waals surface area contributed by atoms with Crippen LogP contribution in [-0.4, -0.2) is 18.0 Å². The smallest absolute Gasteiger partial charge is 0.128 e. The highest BCUT2D eigenvalue weighted by Gasteiger charge is 2.35. The normalized spacial score (nSPS) is 11.8. The van der Waals surface area contributed by atoms with E-state index < -0.39 is 0 Å². The lowest BCUT2D eigenvalue weighted by molar-refractivity contribution is 0.227. The van der Waals surface area contributed by atoms with Crippen molar-refractivity contribution in [1.82, 2.24) is 4.90 Å². The van der Waals surface area contributed by atoms with Gasteiger partial charge in [0.05, 0.1) is 0 Å². The zero-order valence-electron chi connectivity index (χ0n) is 11.5. The first kappa shape index (κ1) is 14.3. The standard InChI is InChI=1S/C17H20BrN/c1-3-19(4-2)17(18,15-11-7-5-8-12-15)16-13-9-6-10-14-16/h5-14H,3-4H2,1-2H3. The first-order chi connectivity index (χ1) is 9.23. The van der Waals surface area contributed by atoms with E-state index in [0.717, 1.165) is 13.1 Å². The molecule has 2 aromatic carbocycles. The Bertz CT molecular complexity index is 452. The predicted octanol–water partition coefficient (Wildman–Crippen LogP) is 4.62. The molecule has 0 N–H and O–H groups in total. The first-order valence-electron chi connectivity index (χ1n) is 6.78. The molecule has 0 fully saturated rings. The summed E-state index contributed by atoms with van der Waals surface area (Å²) in [7, 11) is 0. The molecule has 19 heavy (non-hydrogen) atoms. The number of alkyl halides is 1. The van der Waals surface area contributed by atoms with E-state index in [1.807, 2.05) is 0 Å². The molecule has 0 unspecified atom stereocenters. The van der Waals surface area contributed by atoms with Crippen molar-refractivity contribution in [2.75, 3.05) is 13.1 Å². The fourth-order valence-corrected chi connectivity index (χ4v) is 3.54. The van der Waals surface area contributed by atoms with E-state index in [1.165, 1.54) is 11.1 Å². The Hall–Kier alpha value is -1.12. The summed E-state index contributed by atoms with van der Waals surface area (Å²) in [5, 5.41) is 0. The van der Waals surface area contributed by atoms with Crippen molar-refractivity contribution in [2.24, 2.45) is 0 Å². The van der Waals surface area contributed by atoms with E-state index in [-0.39, 0.29) is 4.45 Å². The summed E-state index contributed by atoms with van der Waals surface area (Å²) in [4.78, 5) is 2.43. The van der Waals surface area contributed by atoms with Gasteiger partial charge in [-0.25, -0.2) is 0 Å². The van der Waals surface area contributed by atoms with Crippen molar-refractivity contribution in [3.8, 4) is 0 Å². The van der Waals surface area contributed by atoms with Gasteiger partial charge in [-0.1, -0.05) is 90.4 Å². The number of hydrogen-bond acceptors (Lipinski definition) is 1. The van der Waals surface area contributed by atoms with E-state index in [1.54, 1.807) is 0 Å². The van der Waals surface area contributed by atoms with Crippen molar-refractivity contribution in [2.45, 2.75) is 18.3 Å². The summed E-state index contributed by atoms with van der Waals surface area (Å²) in [6, 6.07) is 21.2. The number of halogens is 1. The van der Waals surface area contributed by atoms with Gasteiger partial charge in [0.2, 0.25) is 0 Å². The average molecular weight is 318 g/mol. The van der Waals surface area contributed by atoms with Crippen LogP contribution in [0.2, 0.25) is 0 Å². The molecule has 0 bridgehead atoms. The van der Waals surface area contributed by atoms with Crippen molar-refractivity contribution >= 4 is 15.9 Å². The number of benzene rings is 2.